The Labute approximate surface area is 91.7 Å². The molecular formula is C11H11F2N3. The number of anilines is 2. The van der Waals surface area contributed by atoms with Crippen LogP contribution in [0.3, 0.4) is 0 Å². The first kappa shape index (κ1) is 10.6. The van der Waals surface area contributed by atoms with Crippen LogP contribution in [0.4, 0.5) is 20.4 Å². The Morgan fingerprint density at radius 2 is 2.00 bits per heavy atom. The van der Waals surface area contributed by atoms with Crippen LogP contribution >= 0.6 is 0 Å². The summed E-state index contributed by atoms with van der Waals surface area (Å²) in [4.78, 5) is 3.98. The molecule has 0 amide bonds. The minimum Gasteiger partial charge on any atom is -0.321 e. The van der Waals surface area contributed by atoms with E-state index in [1.54, 1.807) is 17.0 Å². The molecule has 0 saturated heterocycles. The minimum atomic E-state index is -0.634. The zero-order valence-corrected chi connectivity index (χ0v) is 8.74. The third-order valence-electron chi connectivity index (χ3n) is 2.26. The van der Waals surface area contributed by atoms with Crippen LogP contribution in [0.2, 0.25) is 0 Å². The minimum absolute atomic E-state index is 0.177. The number of nitrogens with one attached hydrogen (secondary N) is 1. The van der Waals surface area contributed by atoms with Gasteiger partial charge >= 0.3 is 0 Å². The second kappa shape index (κ2) is 4.30. The van der Waals surface area contributed by atoms with E-state index in [2.05, 4.69) is 10.3 Å². The lowest BCUT2D eigenvalue weighted by Gasteiger charge is -2.09. The molecule has 1 aromatic carbocycles. The number of hydrogen-bond donors (Lipinski definition) is 1. The van der Waals surface area contributed by atoms with Crippen molar-refractivity contribution in [3.8, 4) is 0 Å². The van der Waals surface area contributed by atoms with Crippen LogP contribution < -0.4 is 5.32 Å². The van der Waals surface area contributed by atoms with Crippen LogP contribution in [-0.4, -0.2) is 9.55 Å². The van der Waals surface area contributed by atoms with Gasteiger partial charge in [0.2, 0.25) is 5.95 Å². The smallest absolute Gasteiger partial charge is 0.207 e. The SMILES string of the molecule is CCn1ccnc1Nc1c(F)cccc1F. The summed E-state index contributed by atoms with van der Waals surface area (Å²) >= 11 is 0. The Hall–Kier alpha value is -1.91. The van der Waals surface area contributed by atoms with Gasteiger partial charge in [0.1, 0.15) is 17.3 Å². The van der Waals surface area contributed by atoms with Gasteiger partial charge in [-0.2, -0.15) is 0 Å². The van der Waals surface area contributed by atoms with Crippen LogP contribution in [0, 0.1) is 11.6 Å². The first-order chi connectivity index (χ1) is 7.72. The number of hydrogen-bond acceptors (Lipinski definition) is 2. The predicted octanol–water partition coefficient (Wildman–Crippen LogP) is 2.92. The molecule has 0 aliphatic heterocycles. The third-order valence-corrected chi connectivity index (χ3v) is 2.26. The molecule has 84 valence electrons. The lowest BCUT2D eigenvalue weighted by Crippen LogP contribution is -2.04. The van der Waals surface area contributed by atoms with Crippen molar-refractivity contribution < 1.29 is 8.78 Å². The van der Waals surface area contributed by atoms with Crippen LogP contribution in [0.25, 0.3) is 0 Å². The van der Waals surface area contributed by atoms with Crippen molar-refractivity contribution in [1.29, 1.82) is 0 Å². The third kappa shape index (κ3) is 1.88. The van der Waals surface area contributed by atoms with Gasteiger partial charge in [0.05, 0.1) is 0 Å². The summed E-state index contributed by atoms with van der Waals surface area (Å²) in [5, 5.41) is 2.64. The molecule has 1 aromatic heterocycles. The summed E-state index contributed by atoms with van der Waals surface area (Å²) in [6, 6.07) is 3.72. The number of imidazole rings is 1. The Balaban J connectivity index is 2.34. The molecule has 2 rings (SSSR count). The van der Waals surface area contributed by atoms with Crippen LogP contribution in [0.1, 0.15) is 6.92 Å². The first-order valence-corrected chi connectivity index (χ1v) is 4.94. The van der Waals surface area contributed by atoms with E-state index in [4.69, 9.17) is 0 Å². The van der Waals surface area contributed by atoms with Crippen molar-refractivity contribution in [3.05, 3.63) is 42.2 Å². The number of rotatable bonds is 3. The molecule has 16 heavy (non-hydrogen) atoms. The fourth-order valence-corrected chi connectivity index (χ4v) is 1.42. The van der Waals surface area contributed by atoms with Crippen molar-refractivity contribution >= 4 is 11.6 Å². The van der Waals surface area contributed by atoms with Crippen molar-refractivity contribution in [1.82, 2.24) is 9.55 Å². The highest BCUT2D eigenvalue weighted by Crippen LogP contribution is 2.21. The van der Waals surface area contributed by atoms with E-state index in [9.17, 15) is 8.78 Å². The Morgan fingerprint density at radius 1 is 1.31 bits per heavy atom. The molecule has 0 aliphatic carbocycles. The molecule has 5 heteroatoms. The van der Waals surface area contributed by atoms with Crippen molar-refractivity contribution in [2.24, 2.45) is 0 Å². The van der Waals surface area contributed by atoms with E-state index < -0.39 is 11.6 Å². The van der Waals surface area contributed by atoms with E-state index in [-0.39, 0.29) is 5.69 Å². The summed E-state index contributed by atoms with van der Waals surface area (Å²) in [6.07, 6.45) is 3.31. The number of nitrogens with zero attached hydrogens (tertiary/aromatic N) is 2. The van der Waals surface area contributed by atoms with E-state index in [0.717, 1.165) is 0 Å². The molecule has 0 saturated carbocycles. The van der Waals surface area contributed by atoms with Gasteiger partial charge < -0.3 is 9.88 Å². The standard InChI is InChI=1S/C11H11F2N3/c1-2-16-7-6-14-11(16)15-10-8(12)4-3-5-9(10)13/h3-7H,2H2,1H3,(H,14,15). The van der Waals surface area contributed by atoms with Gasteiger partial charge in [-0.25, -0.2) is 13.8 Å². The molecule has 0 unspecified atom stereocenters. The number of aryl methyl sites for hydroxylation is 1. The summed E-state index contributed by atoms with van der Waals surface area (Å²) in [5.41, 5.74) is -0.177. The number of halogens is 2. The fraction of sp³-hybridized carbons (Fsp3) is 0.182. The number of aromatic nitrogens is 2. The molecular weight excluding hydrogens is 212 g/mol. The normalized spacial score (nSPS) is 10.4. The van der Waals surface area contributed by atoms with Crippen molar-refractivity contribution in [3.63, 3.8) is 0 Å². The molecule has 0 radical (unpaired) electrons. The summed E-state index contributed by atoms with van der Waals surface area (Å²) in [6.45, 7) is 2.60. The van der Waals surface area contributed by atoms with Gasteiger partial charge in [0.25, 0.3) is 0 Å². The number of para-hydroxylation sites is 1. The van der Waals surface area contributed by atoms with Gasteiger partial charge in [-0.1, -0.05) is 6.07 Å². The number of benzene rings is 1. The van der Waals surface area contributed by atoms with Crippen LogP contribution in [0.5, 0.6) is 0 Å². The largest absolute Gasteiger partial charge is 0.321 e. The zero-order chi connectivity index (χ0) is 11.5. The Kier molecular flexibility index (Phi) is 2.85. The van der Waals surface area contributed by atoms with Gasteiger partial charge in [0, 0.05) is 18.9 Å². The van der Waals surface area contributed by atoms with Gasteiger partial charge in [0.15, 0.2) is 0 Å². The second-order valence-corrected chi connectivity index (χ2v) is 3.26. The second-order valence-electron chi connectivity index (χ2n) is 3.26. The molecule has 0 atom stereocenters. The van der Waals surface area contributed by atoms with Crippen molar-refractivity contribution in [2.45, 2.75) is 13.5 Å². The molecule has 0 aliphatic rings. The molecule has 0 bridgehead atoms. The van der Waals surface area contributed by atoms with E-state index in [1.165, 1.54) is 18.2 Å². The Bertz CT molecular complexity index is 473. The molecule has 1 N–H and O–H groups in total. The lowest BCUT2D eigenvalue weighted by atomic mass is 10.3. The molecule has 3 nitrogen and oxygen atoms in total. The molecule has 2 aromatic rings. The van der Waals surface area contributed by atoms with E-state index >= 15 is 0 Å². The van der Waals surface area contributed by atoms with Gasteiger partial charge in [-0.15, -0.1) is 0 Å². The molecule has 1 heterocycles. The maximum atomic E-state index is 13.3. The van der Waals surface area contributed by atoms with Crippen molar-refractivity contribution in [2.75, 3.05) is 5.32 Å². The zero-order valence-electron chi connectivity index (χ0n) is 8.74. The lowest BCUT2D eigenvalue weighted by molar-refractivity contribution is 0.589. The monoisotopic (exact) mass is 223 g/mol. The first-order valence-electron chi connectivity index (χ1n) is 4.94. The summed E-state index contributed by atoms with van der Waals surface area (Å²) < 4.78 is 28.4. The van der Waals surface area contributed by atoms with Crippen LogP contribution in [-0.2, 0) is 6.54 Å². The highest BCUT2D eigenvalue weighted by Gasteiger charge is 2.10. The maximum absolute atomic E-state index is 13.3. The highest BCUT2D eigenvalue weighted by atomic mass is 19.1. The summed E-state index contributed by atoms with van der Waals surface area (Å²) in [5.74, 6) is -0.845. The average Bonchev–Trinajstić information content (AvgIpc) is 2.71. The average molecular weight is 223 g/mol. The quantitative estimate of drug-likeness (QED) is 0.867. The van der Waals surface area contributed by atoms with E-state index in [0.29, 0.717) is 12.5 Å². The van der Waals surface area contributed by atoms with Gasteiger partial charge in [-0.3, -0.25) is 0 Å². The van der Waals surface area contributed by atoms with Gasteiger partial charge in [-0.05, 0) is 19.1 Å². The molecule has 0 spiro atoms. The molecule has 0 fully saturated rings. The maximum Gasteiger partial charge on any atom is 0.207 e. The summed E-state index contributed by atoms with van der Waals surface area (Å²) in [7, 11) is 0. The van der Waals surface area contributed by atoms with Crippen LogP contribution in [0.15, 0.2) is 30.6 Å². The van der Waals surface area contributed by atoms with E-state index in [1.807, 2.05) is 6.92 Å². The Morgan fingerprint density at radius 3 is 2.62 bits per heavy atom. The fourth-order valence-electron chi connectivity index (χ4n) is 1.42. The predicted molar refractivity (Wildman–Crippen MR) is 57.5 cm³/mol. The topological polar surface area (TPSA) is 29.9 Å². The highest BCUT2D eigenvalue weighted by molar-refractivity contribution is 5.55.